The van der Waals surface area contributed by atoms with E-state index in [9.17, 15) is 18.0 Å². The summed E-state index contributed by atoms with van der Waals surface area (Å²) in [6.07, 6.45) is -3.53. The normalized spacial score (nSPS) is 10.8. The molecular weight excluding hydrogens is 528 g/mol. The summed E-state index contributed by atoms with van der Waals surface area (Å²) in [4.78, 5) is 21.5. The molecule has 0 aliphatic heterocycles. The molecule has 1 aromatic heterocycles. The number of rotatable bonds is 7. The number of hydrogen-bond donors (Lipinski definition) is 3. The van der Waals surface area contributed by atoms with Crippen LogP contribution in [0.1, 0.15) is 10.4 Å². The summed E-state index contributed by atoms with van der Waals surface area (Å²) in [5.41, 5.74) is 7.88. The van der Waals surface area contributed by atoms with Gasteiger partial charge in [0.25, 0.3) is 5.91 Å². The zero-order chi connectivity index (χ0) is 27.0. The Kier molecular flexibility index (Phi) is 9.96. The fraction of sp³-hybridized carbons (Fsp3) is 0.227. The van der Waals surface area contributed by atoms with Crippen LogP contribution in [0, 0.1) is 0 Å². The summed E-state index contributed by atoms with van der Waals surface area (Å²) < 4.78 is 44.2. The highest BCUT2D eigenvalue weighted by Crippen LogP contribution is 2.36. The van der Waals surface area contributed by atoms with Gasteiger partial charge in [-0.1, -0.05) is 23.2 Å². The molecule has 14 heteroatoms. The van der Waals surface area contributed by atoms with Crippen molar-refractivity contribution >= 4 is 40.8 Å². The number of anilines is 1. The summed E-state index contributed by atoms with van der Waals surface area (Å²) in [6.45, 7) is 0.716. The Morgan fingerprint density at radius 2 is 1.78 bits per heavy atom. The van der Waals surface area contributed by atoms with Crippen molar-refractivity contribution in [2.45, 2.75) is 6.18 Å². The standard InChI is InChI=1S/C20H20Cl2N4O3.C2HF3O2/c1-26-19(16(22)11-24-26)14-10-13(4-6-17(14)29-8-7-23)25-20(27)12-3-5-18(28-2)15(21)9-12;3-2(4,5)1(6)7/h3-6,9-11H,7-8,23H2,1-2H3,(H,25,27);(H,6,7). The van der Waals surface area contributed by atoms with Crippen LogP contribution in [0.3, 0.4) is 0 Å². The lowest BCUT2D eigenvalue weighted by Crippen LogP contribution is -2.21. The molecule has 194 valence electrons. The molecule has 9 nitrogen and oxygen atoms in total. The second-order valence-electron chi connectivity index (χ2n) is 6.92. The van der Waals surface area contributed by atoms with Gasteiger partial charge in [0.05, 0.1) is 29.0 Å². The van der Waals surface area contributed by atoms with Crippen molar-refractivity contribution in [1.82, 2.24) is 9.78 Å². The molecule has 0 unspecified atom stereocenters. The molecule has 0 aliphatic rings. The number of ether oxygens (including phenoxy) is 2. The van der Waals surface area contributed by atoms with Gasteiger partial charge in [0, 0.05) is 30.4 Å². The van der Waals surface area contributed by atoms with E-state index in [2.05, 4.69) is 10.4 Å². The Hall–Kier alpha value is -3.48. The molecule has 0 aliphatic carbocycles. The van der Waals surface area contributed by atoms with E-state index in [1.165, 1.54) is 7.11 Å². The van der Waals surface area contributed by atoms with Gasteiger partial charge in [-0.15, -0.1) is 0 Å². The van der Waals surface area contributed by atoms with Crippen molar-refractivity contribution in [3.05, 3.63) is 58.2 Å². The van der Waals surface area contributed by atoms with Crippen LogP contribution in [-0.4, -0.2) is 53.2 Å². The summed E-state index contributed by atoms with van der Waals surface area (Å²) in [5, 5.41) is 15.0. The van der Waals surface area contributed by atoms with E-state index in [4.69, 9.17) is 48.3 Å². The number of carbonyl (C=O) groups is 2. The van der Waals surface area contributed by atoms with Gasteiger partial charge in [0.15, 0.2) is 0 Å². The third-order valence-corrected chi connectivity index (χ3v) is 4.99. The number of carboxylic acids is 1. The van der Waals surface area contributed by atoms with Crippen molar-refractivity contribution in [3.63, 3.8) is 0 Å². The Morgan fingerprint density at radius 3 is 2.28 bits per heavy atom. The number of amides is 1. The summed E-state index contributed by atoms with van der Waals surface area (Å²) in [6, 6.07) is 10.1. The van der Waals surface area contributed by atoms with E-state index in [1.807, 2.05) is 0 Å². The average molecular weight is 549 g/mol. The minimum absolute atomic E-state index is 0.313. The number of aryl methyl sites for hydroxylation is 1. The Bertz CT molecular complexity index is 1220. The number of halogens is 5. The molecule has 0 fully saturated rings. The fourth-order valence-corrected chi connectivity index (χ4v) is 3.34. The molecule has 3 rings (SSSR count). The molecule has 1 amide bonds. The van der Waals surface area contributed by atoms with Crippen molar-refractivity contribution in [3.8, 4) is 22.8 Å². The maximum Gasteiger partial charge on any atom is 0.490 e. The van der Waals surface area contributed by atoms with E-state index in [0.717, 1.165) is 0 Å². The van der Waals surface area contributed by atoms with Crippen molar-refractivity contribution in [2.75, 3.05) is 25.6 Å². The number of alkyl halides is 3. The monoisotopic (exact) mass is 548 g/mol. The van der Waals surface area contributed by atoms with Crippen LogP contribution in [0.25, 0.3) is 11.3 Å². The Morgan fingerprint density at radius 1 is 1.14 bits per heavy atom. The van der Waals surface area contributed by atoms with Crippen LogP contribution in [0.5, 0.6) is 11.5 Å². The SMILES string of the molecule is COc1ccc(C(=O)Nc2ccc(OCCN)c(-c3c(Cl)cnn3C)c2)cc1Cl.O=C(O)C(F)(F)F. The minimum atomic E-state index is -5.08. The molecule has 1 heterocycles. The first kappa shape index (κ1) is 28.8. The van der Waals surface area contributed by atoms with E-state index < -0.39 is 12.1 Å². The topological polar surface area (TPSA) is 129 Å². The van der Waals surface area contributed by atoms with Crippen molar-refractivity contribution < 1.29 is 37.3 Å². The predicted octanol–water partition coefficient (Wildman–Crippen LogP) is 4.63. The second-order valence-corrected chi connectivity index (χ2v) is 7.73. The maximum atomic E-state index is 12.7. The first-order valence-corrected chi connectivity index (χ1v) is 10.7. The number of nitrogens with zero attached hydrogens (tertiary/aromatic N) is 2. The van der Waals surface area contributed by atoms with Gasteiger partial charge < -0.3 is 25.6 Å². The van der Waals surface area contributed by atoms with Crippen LogP contribution in [0.2, 0.25) is 10.0 Å². The number of carbonyl (C=O) groups excluding carboxylic acids is 1. The smallest absolute Gasteiger partial charge is 0.490 e. The molecule has 0 saturated carbocycles. The van der Waals surface area contributed by atoms with Gasteiger partial charge in [-0.05, 0) is 36.4 Å². The second kappa shape index (κ2) is 12.5. The first-order chi connectivity index (χ1) is 16.9. The maximum absolute atomic E-state index is 12.7. The lowest BCUT2D eigenvalue weighted by Gasteiger charge is -2.14. The lowest BCUT2D eigenvalue weighted by atomic mass is 10.1. The van der Waals surface area contributed by atoms with E-state index >= 15 is 0 Å². The number of benzene rings is 2. The predicted molar refractivity (Wildman–Crippen MR) is 128 cm³/mol. The fourth-order valence-electron chi connectivity index (χ4n) is 2.81. The van der Waals surface area contributed by atoms with Gasteiger partial charge in [0.2, 0.25) is 0 Å². The molecule has 4 N–H and O–H groups in total. The summed E-state index contributed by atoms with van der Waals surface area (Å²) in [7, 11) is 3.29. The molecule has 0 saturated heterocycles. The molecule has 0 atom stereocenters. The van der Waals surface area contributed by atoms with Crippen LogP contribution >= 0.6 is 23.2 Å². The average Bonchev–Trinajstić information content (AvgIpc) is 3.15. The van der Waals surface area contributed by atoms with Crippen LogP contribution in [-0.2, 0) is 11.8 Å². The molecule has 3 aromatic rings. The molecular formula is C22H21Cl2F3N4O5. The van der Waals surface area contributed by atoms with Crippen LogP contribution < -0.4 is 20.5 Å². The van der Waals surface area contributed by atoms with E-state index in [1.54, 1.807) is 54.3 Å². The largest absolute Gasteiger partial charge is 0.495 e. The molecule has 2 aromatic carbocycles. The molecule has 36 heavy (non-hydrogen) atoms. The quantitative estimate of drug-likeness (QED) is 0.392. The van der Waals surface area contributed by atoms with Gasteiger partial charge in [-0.2, -0.15) is 18.3 Å². The van der Waals surface area contributed by atoms with Gasteiger partial charge in [-0.3, -0.25) is 9.48 Å². The first-order valence-electron chi connectivity index (χ1n) is 9.98. The van der Waals surface area contributed by atoms with Gasteiger partial charge in [-0.25, -0.2) is 4.79 Å². The van der Waals surface area contributed by atoms with Crippen LogP contribution in [0.15, 0.2) is 42.6 Å². The highest BCUT2D eigenvalue weighted by molar-refractivity contribution is 6.33. The number of methoxy groups -OCH3 is 1. The van der Waals surface area contributed by atoms with E-state index in [0.29, 0.717) is 57.2 Å². The number of aliphatic carboxylic acids is 1. The number of hydrogen-bond acceptors (Lipinski definition) is 6. The number of aromatic nitrogens is 2. The Labute approximate surface area is 213 Å². The number of nitrogens with two attached hydrogens (primary N) is 1. The minimum Gasteiger partial charge on any atom is -0.495 e. The molecule has 0 radical (unpaired) electrons. The third kappa shape index (κ3) is 7.51. The van der Waals surface area contributed by atoms with E-state index in [-0.39, 0.29) is 5.91 Å². The van der Waals surface area contributed by atoms with Gasteiger partial charge in [0.1, 0.15) is 18.1 Å². The summed E-state index contributed by atoms with van der Waals surface area (Å²) in [5.74, 6) is -1.98. The van der Waals surface area contributed by atoms with Gasteiger partial charge >= 0.3 is 12.1 Å². The molecule has 0 spiro atoms. The highest BCUT2D eigenvalue weighted by atomic mass is 35.5. The Balaban J connectivity index is 0.000000572. The molecule has 0 bridgehead atoms. The highest BCUT2D eigenvalue weighted by Gasteiger charge is 2.38. The van der Waals surface area contributed by atoms with Crippen molar-refractivity contribution in [2.24, 2.45) is 12.8 Å². The zero-order valence-electron chi connectivity index (χ0n) is 18.9. The van der Waals surface area contributed by atoms with Crippen molar-refractivity contribution in [1.29, 1.82) is 0 Å². The number of carboxylic acid groups (broad SMARTS) is 1. The van der Waals surface area contributed by atoms with Crippen LogP contribution in [0.4, 0.5) is 18.9 Å². The zero-order valence-corrected chi connectivity index (χ0v) is 20.4. The number of nitrogens with one attached hydrogen (secondary N) is 1. The summed E-state index contributed by atoms with van der Waals surface area (Å²) >= 11 is 12.4. The third-order valence-electron chi connectivity index (χ3n) is 4.42. The lowest BCUT2D eigenvalue weighted by molar-refractivity contribution is -0.192.